The van der Waals surface area contributed by atoms with Crippen molar-refractivity contribution in [1.82, 2.24) is 4.90 Å². The minimum atomic E-state index is -0.0635. The number of nitrogens with zero attached hydrogens (tertiary/aromatic N) is 1. The summed E-state index contributed by atoms with van der Waals surface area (Å²) in [5, 5.41) is 0. The fraction of sp³-hybridized carbons (Fsp3) is 0.588. The maximum atomic E-state index is 12.8. The third-order valence-corrected chi connectivity index (χ3v) is 4.23. The minimum Gasteiger partial charge on any atom is -0.342 e. The van der Waals surface area contributed by atoms with E-state index in [1.165, 1.54) is 0 Å². The zero-order valence-electron chi connectivity index (χ0n) is 13.2. The van der Waals surface area contributed by atoms with Crippen molar-refractivity contribution in [3.8, 4) is 0 Å². The van der Waals surface area contributed by atoms with E-state index < -0.39 is 0 Å². The monoisotopic (exact) mass is 276 g/mol. The quantitative estimate of drug-likeness (QED) is 0.832. The number of hydrogen-bond acceptors (Lipinski definition) is 2. The van der Waals surface area contributed by atoms with Gasteiger partial charge in [0.1, 0.15) is 0 Å². The van der Waals surface area contributed by atoms with Crippen LogP contribution in [0.15, 0.2) is 30.3 Å². The van der Waals surface area contributed by atoms with Crippen LogP contribution in [0.25, 0.3) is 0 Å². The third-order valence-electron chi connectivity index (χ3n) is 4.23. The Morgan fingerprint density at radius 2 is 1.85 bits per heavy atom. The van der Waals surface area contributed by atoms with Crippen molar-refractivity contribution in [3.63, 3.8) is 0 Å². The van der Waals surface area contributed by atoms with E-state index in [9.17, 15) is 4.79 Å². The van der Waals surface area contributed by atoms with Crippen molar-refractivity contribution in [1.29, 1.82) is 0 Å². The molecule has 3 nitrogen and oxygen atoms in total. The zero-order valence-corrected chi connectivity index (χ0v) is 13.2. The lowest BCUT2D eigenvalue weighted by Crippen LogP contribution is -2.41. The van der Waals surface area contributed by atoms with Crippen molar-refractivity contribution < 1.29 is 4.79 Å². The number of amides is 1. The van der Waals surface area contributed by atoms with Gasteiger partial charge in [-0.05, 0) is 31.4 Å². The van der Waals surface area contributed by atoms with Crippen LogP contribution < -0.4 is 5.73 Å². The molecule has 0 aromatic heterocycles. The summed E-state index contributed by atoms with van der Waals surface area (Å²) in [6, 6.07) is 10.3. The highest BCUT2D eigenvalue weighted by molar-refractivity contribution is 5.84. The van der Waals surface area contributed by atoms with Crippen LogP contribution in [0.4, 0.5) is 0 Å². The van der Waals surface area contributed by atoms with Gasteiger partial charge < -0.3 is 10.6 Å². The van der Waals surface area contributed by atoms with Gasteiger partial charge in [0.05, 0.1) is 5.92 Å². The summed E-state index contributed by atoms with van der Waals surface area (Å²) in [6.45, 7) is 6.95. The smallest absolute Gasteiger partial charge is 0.230 e. The summed E-state index contributed by atoms with van der Waals surface area (Å²) in [7, 11) is 1.89. The molecule has 1 aromatic rings. The van der Waals surface area contributed by atoms with E-state index in [-0.39, 0.29) is 17.9 Å². The van der Waals surface area contributed by atoms with Gasteiger partial charge in [0.25, 0.3) is 0 Å². The Morgan fingerprint density at radius 3 is 2.35 bits per heavy atom. The van der Waals surface area contributed by atoms with Crippen molar-refractivity contribution in [2.24, 2.45) is 11.7 Å². The number of likely N-dealkylation sites (N-methyl/N-ethyl adjacent to an activating group) is 1. The molecule has 0 aliphatic heterocycles. The van der Waals surface area contributed by atoms with E-state index in [4.69, 9.17) is 5.73 Å². The molecule has 0 radical (unpaired) electrons. The molecule has 0 aliphatic carbocycles. The second-order valence-electron chi connectivity index (χ2n) is 5.65. The Kier molecular flexibility index (Phi) is 6.73. The summed E-state index contributed by atoms with van der Waals surface area (Å²) in [4.78, 5) is 14.7. The van der Waals surface area contributed by atoms with E-state index in [0.29, 0.717) is 12.5 Å². The molecule has 0 fully saturated rings. The first kappa shape index (κ1) is 16.7. The highest BCUT2D eigenvalue weighted by Gasteiger charge is 2.29. The summed E-state index contributed by atoms with van der Waals surface area (Å²) in [5.41, 5.74) is 6.71. The number of nitrogens with two attached hydrogens (primary N) is 1. The van der Waals surface area contributed by atoms with Gasteiger partial charge in [0.15, 0.2) is 0 Å². The Labute approximate surface area is 123 Å². The highest BCUT2D eigenvalue weighted by atomic mass is 16.2. The maximum absolute atomic E-state index is 12.8. The van der Waals surface area contributed by atoms with Gasteiger partial charge in [0.2, 0.25) is 5.91 Å². The molecule has 0 bridgehead atoms. The maximum Gasteiger partial charge on any atom is 0.230 e. The second kappa shape index (κ2) is 8.05. The second-order valence-corrected chi connectivity index (χ2v) is 5.65. The lowest BCUT2D eigenvalue weighted by atomic mass is 9.84. The Hall–Kier alpha value is -1.35. The fourth-order valence-corrected chi connectivity index (χ4v) is 2.48. The standard InChI is InChI=1S/C17H28N2O/c1-5-13(2)16(15-9-7-6-8-10-15)17(20)19(4)14(3)11-12-18/h6-10,13-14,16H,5,11-12,18H2,1-4H3. The van der Waals surface area contributed by atoms with Crippen LogP contribution in [0.1, 0.15) is 45.1 Å². The Morgan fingerprint density at radius 1 is 1.25 bits per heavy atom. The SMILES string of the molecule is CCC(C)C(C(=O)N(C)C(C)CCN)c1ccccc1. The first-order valence-electron chi connectivity index (χ1n) is 7.54. The van der Waals surface area contributed by atoms with Crippen molar-refractivity contribution in [2.45, 2.75) is 45.6 Å². The van der Waals surface area contributed by atoms with E-state index in [2.05, 4.69) is 32.9 Å². The normalized spacial score (nSPS) is 15.4. The summed E-state index contributed by atoms with van der Waals surface area (Å²) in [6.07, 6.45) is 1.83. The van der Waals surface area contributed by atoms with E-state index in [0.717, 1.165) is 18.4 Å². The number of carbonyl (C=O) groups is 1. The molecular formula is C17H28N2O. The predicted molar refractivity (Wildman–Crippen MR) is 84.5 cm³/mol. The number of carbonyl (C=O) groups excluding carboxylic acids is 1. The first-order chi connectivity index (χ1) is 9.52. The van der Waals surface area contributed by atoms with E-state index in [1.54, 1.807) is 0 Å². The zero-order chi connectivity index (χ0) is 15.1. The lowest BCUT2D eigenvalue weighted by Gasteiger charge is -2.31. The van der Waals surface area contributed by atoms with Gasteiger partial charge in [-0.1, -0.05) is 50.6 Å². The van der Waals surface area contributed by atoms with Gasteiger partial charge in [-0.25, -0.2) is 0 Å². The average Bonchev–Trinajstić information content (AvgIpc) is 2.47. The molecule has 0 saturated carbocycles. The molecule has 1 amide bonds. The van der Waals surface area contributed by atoms with Crippen LogP contribution >= 0.6 is 0 Å². The van der Waals surface area contributed by atoms with Gasteiger partial charge >= 0.3 is 0 Å². The van der Waals surface area contributed by atoms with Crippen LogP contribution in [0, 0.1) is 5.92 Å². The van der Waals surface area contributed by atoms with Crippen LogP contribution in [0.5, 0.6) is 0 Å². The molecule has 20 heavy (non-hydrogen) atoms. The molecular weight excluding hydrogens is 248 g/mol. The van der Waals surface area contributed by atoms with Gasteiger partial charge in [-0.3, -0.25) is 4.79 Å². The molecule has 0 spiro atoms. The first-order valence-corrected chi connectivity index (χ1v) is 7.54. The van der Waals surface area contributed by atoms with Crippen LogP contribution in [0.2, 0.25) is 0 Å². The summed E-state index contributed by atoms with van der Waals surface area (Å²) in [5.74, 6) is 0.468. The number of hydrogen-bond donors (Lipinski definition) is 1. The van der Waals surface area contributed by atoms with E-state index in [1.807, 2.05) is 30.1 Å². The molecule has 0 aliphatic rings. The molecule has 3 unspecified atom stereocenters. The molecule has 1 aromatic carbocycles. The van der Waals surface area contributed by atoms with Crippen molar-refractivity contribution >= 4 is 5.91 Å². The van der Waals surface area contributed by atoms with Crippen molar-refractivity contribution in [3.05, 3.63) is 35.9 Å². The number of rotatable bonds is 7. The molecule has 112 valence electrons. The predicted octanol–water partition coefficient (Wildman–Crippen LogP) is 3.01. The Balaban J connectivity index is 2.97. The van der Waals surface area contributed by atoms with Gasteiger partial charge in [-0.2, -0.15) is 0 Å². The summed E-state index contributed by atoms with van der Waals surface area (Å²) < 4.78 is 0. The van der Waals surface area contributed by atoms with Crippen LogP contribution in [-0.2, 0) is 4.79 Å². The summed E-state index contributed by atoms with van der Waals surface area (Å²) >= 11 is 0. The molecule has 3 heteroatoms. The Bertz CT molecular complexity index is 405. The van der Waals surface area contributed by atoms with Gasteiger partial charge in [0, 0.05) is 13.1 Å². The number of benzene rings is 1. The molecule has 3 atom stereocenters. The third kappa shape index (κ3) is 4.07. The largest absolute Gasteiger partial charge is 0.342 e. The van der Waals surface area contributed by atoms with Crippen molar-refractivity contribution in [2.75, 3.05) is 13.6 Å². The molecule has 0 heterocycles. The molecule has 2 N–H and O–H groups in total. The molecule has 0 saturated heterocycles. The minimum absolute atomic E-state index is 0.0635. The molecule has 1 rings (SSSR count). The average molecular weight is 276 g/mol. The van der Waals surface area contributed by atoms with E-state index >= 15 is 0 Å². The lowest BCUT2D eigenvalue weighted by molar-refractivity contribution is -0.134. The van der Waals surface area contributed by atoms with Crippen LogP contribution in [0.3, 0.4) is 0 Å². The highest BCUT2D eigenvalue weighted by Crippen LogP contribution is 2.29. The topological polar surface area (TPSA) is 46.3 Å². The fourth-order valence-electron chi connectivity index (χ4n) is 2.48. The van der Waals surface area contributed by atoms with Gasteiger partial charge in [-0.15, -0.1) is 0 Å². The van der Waals surface area contributed by atoms with Crippen LogP contribution in [-0.4, -0.2) is 30.4 Å².